The van der Waals surface area contributed by atoms with Crippen LogP contribution in [0, 0.1) is 5.92 Å². The van der Waals surface area contributed by atoms with Crippen molar-refractivity contribution >= 4 is 11.9 Å². The summed E-state index contributed by atoms with van der Waals surface area (Å²) in [6.07, 6.45) is 1.60. The Hall–Kier alpha value is -2.18. The topological polar surface area (TPSA) is 112 Å². The molecule has 0 radical (unpaired) electrons. The van der Waals surface area contributed by atoms with E-state index in [0.29, 0.717) is 0 Å². The molecular formula is C10H11N3O4. The number of nitrogens with zero attached hydrogens (tertiary/aromatic N) is 1. The summed E-state index contributed by atoms with van der Waals surface area (Å²) in [6.45, 7) is 0. The number of nitrogens with one attached hydrogen (secondary N) is 2. The number of rotatable bonds is 4. The summed E-state index contributed by atoms with van der Waals surface area (Å²) >= 11 is 0. The molecule has 1 unspecified atom stereocenters. The molecule has 7 heteroatoms. The molecule has 17 heavy (non-hydrogen) atoms. The van der Waals surface area contributed by atoms with E-state index in [1.165, 1.54) is 6.07 Å². The first-order valence-corrected chi connectivity index (χ1v) is 5.17. The number of aliphatic carboxylic acids is 1. The van der Waals surface area contributed by atoms with Crippen LogP contribution < -0.4 is 10.9 Å². The number of amides is 1. The zero-order valence-corrected chi connectivity index (χ0v) is 8.84. The van der Waals surface area contributed by atoms with Gasteiger partial charge in [-0.3, -0.25) is 9.59 Å². The van der Waals surface area contributed by atoms with Gasteiger partial charge in [0.1, 0.15) is 11.7 Å². The van der Waals surface area contributed by atoms with Crippen molar-refractivity contribution in [1.82, 2.24) is 15.5 Å². The van der Waals surface area contributed by atoms with Crippen molar-refractivity contribution < 1.29 is 14.7 Å². The summed E-state index contributed by atoms with van der Waals surface area (Å²) in [7, 11) is 0. The third-order valence-corrected chi connectivity index (χ3v) is 2.56. The van der Waals surface area contributed by atoms with Crippen molar-refractivity contribution in [1.29, 1.82) is 0 Å². The second-order valence-corrected chi connectivity index (χ2v) is 3.93. The highest BCUT2D eigenvalue weighted by molar-refractivity contribution is 5.94. The lowest BCUT2D eigenvalue weighted by Crippen LogP contribution is -2.42. The first-order chi connectivity index (χ1) is 8.08. The van der Waals surface area contributed by atoms with Crippen LogP contribution in [0.1, 0.15) is 23.3 Å². The van der Waals surface area contributed by atoms with Gasteiger partial charge in [0.25, 0.3) is 11.5 Å². The summed E-state index contributed by atoms with van der Waals surface area (Å²) in [4.78, 5) is 33.3. The standard InChI is InChI=1S/C10H11N3O4/c14-7-4-3-6(12-13-7)9(15)11-8(10(16)17)5-1-2-5/h3-5,8H,1-2H2,(H,11,15)(H,13,14)(H,16,17). The van der Waals surface area contributed by atoms with Gasteiger partial charge in [0.05, 0.1) is 0 Å². The smallest absolute Gasteiger partial charge is 0.326 e. The van der Waals surface area contributed by atoms with E-state index in [1.54, 1.807) is 0 Å². The van der Waals surface area contributed by atoms with Crippen LogP contribution in [0.25, 0.3) is 0 Å². The van der Waals surface area contributed by atoms with Gasteiger partial charge in [-0.05, 0) is 24.8 Å². The van der Waals surface area contributed by atoms with Crippen LogP contribution in [0.15, 0.2) is 16.9 Å². The summed E-state index contributed by atoms with van der Waals surface area (Å²) in [6, 6.07) is 1.53. The first kappa shape index (κ1) is 11.3. The minimum Gasteiger partial charge on any atom is -0.480 e. The number of carboxylic acid groups (broad SMARTS) is 1. The molecule has 0 saturated heterocycles. The third kappa shape index (κ3) is 2.68. The Morgan fingerprint density at radius 3 is 2.65 bits per heavy atom. The number of carbonyl (C=O) groups excluding carboxylic acids is 1. The second kappa shape index (κ2) is 4.36. The predicted octanol–water partition coefficient (Wildman–Crippen LogP) is -0.637. The monoisotopic (exact) mass is 237 g/mol. The van der Waals surface area contributed by atoms with Crippen molar-refractivity contribution in [3.63, 3.8) is 0 Å². The Bertz CT molecular complexity index is 486. The number of hydrogen-bond acceptors (Lipinski definition) is 4. The molecule has 1 atom stereocenters. The van der Waals surface area contributed by atoms with Crippen molar-refractivity contribution in [3.05, 3.63) is 28.2 Å². The van der Waals surface area contributed by atoms with Gasteiger partial charge < -0.3 is 10.4 Å². The molecule has 1 heterocycles. The summed E-state index contributed by atoms with van der Waals surface area (Å²) in [5, 5.41) is 17.0. The number of carboxylic acids is 1. The summed E-state index contributed by atoms with van der Waals surface area (Å²) < 4.78 is 0. The lowest BCUT2D eigenvalue weighted by molar-refractivity contribution is -0.139. The molecule has 0 bridgehead atoms. The van der Waals surface area contributed by atoms with E-state index in [0.717, 1.165) is 18.9 Å². The zero-order chi connectivity index (χ0) is 12.4. The molecule has 1 aromatic heterocycles. The number of hydrogen-bond donors (Lipinski definition) is 3. The molecule has 2 rings (SSSR count). The van der Waals surface area contributed by atoms with E-state index in [4.69, 9.17) is 5.11 Å². The Labute approximate surface area is 95.9 Å². The van der Waals surface area contributed by atoms with Crippen molar-refractivity contribution in [3.8, 4) is 0 Å². The maximum absolute atomic E-state index is 11.6. The highest BCUT2D eigenvalue weighted by atomic mass is 16.4. The minimum atomic E-state index is -1.05. The van der Waals surface area contributed by atoms with Crippen LogP contribution in [-0.4, -0.2) is 33.2 Å². The van der Waals surface area contributed by atoms with Crippen LogP contribution in [0.5, 0.6) is 0 Å². The van der Waals surface area contributed by atoms with Gasteiger partial charge in [0, 0.05) is 6.07 Å². The molecule has 1 aliphatic carbocycles. The quantitative estimate of drug-likeness (QED) is 0.645. The van der Waals surface area contributed by atoms with Gasteiger partial charge in [-0.25, -0.2) is 9.89 Å². The fourth-order valence-electron chi connectivity index (χ4n) is 1.50. The fraction of sp³-hybridized carbons (Fsp3) is 0.400. The molecule has 0 aromatic carbocycles. The number of aromatic amines is 1. The van der Waals surface area contributed by atoms with Crippen LogP contribution in [0.2, 0.25) is 0 Å². The van der Waals surface area contributed by atoms with E-state index in [1.807, 2.05) is 0 Å². The van der Waals surface area contributed by atoms with Crippen LogP contribution in [-0.2, 0) is 4.79 Å². The van der Waals surface area contributed by atoms with E-state index in [-0.39, 0.29) is 11.6 Å². The van der Waals surface area contributed by atoms with Gasteiger partial charge in [0.2, 0.25) is 0 Å². The maximum Gasteiger partial charge on any atom is 0.326 e. The number of aromatic nitrogens is 2. The Morgan fingerprint density at radius 2 is 2.18 bits per heavy atom. The number of carbonyl (C=O) groups is 2. The lowest BCUT2D eigenvalue weighted by atomic mass is 10.2. The van der Waals surface area contributed by atoms with Gasteiger partial charge in [-0.1, -0.05) is 0 Å². The van der Waals surface area contributed by atoms with E-state index < -0.39 is 23.5 Å². The van der Waals surface area contributed by atoms with E-state index in [2.05, 4.69) is 15.5 Å². The lowest BCUT2D eigenvalue weighted by Gasteiger charge is -2.12. The van der Waals surface area contributed by atoms with Crippen LogP contribution in [0.3, 0.4) is 0 Å². The van der Waals surface area contributed by atoms with E-state index >= 15 is 0 Å². The highest BCUT2D eigenvalue weighted by Crippen LogP contribution is 2.32. The Balaban J connectivity index is 2.07. The highest BCUT2D eigenvalue weighted by Gasteiger charge is 2.37. The largest absolute Gasteiger partial charge is 0.480 e. The molecule has 7 nitrogen and oxygen atoms in total. The van der Waals surface area contributed by atoms with Crippen LogP contribution >= 0.6 is 0 Å². The van der Waals surface area contributed by atoms with Crippen molar-refractivity contribution in [2.75, 3.05) is 0 Å². The van der Waals surface area contributed by atoms with Crippen molar-refractivity contribution in [2.45, 2.75) is 18.9 Å². The number of H-pyrrole nitrogens is 1. The Morgan fingerprint density at radius 1 is 1.47 bits per heavy atom. The SMILES string of the molecule is O=C(NC(C(=O)O)C1CC1)c1ccc(=O)[nH]n1. The third-order valence-electron chi connectivity index (χ3n) is 2.56. The molecule has 1 aromatic rings. The van der Waals surface area contributed by atoms with Gasteiger partial charge >= 0.3 is 5.97 Å². The Kier molecular flexibility index (Phi) is 2.90. The van der Waals surface area contributed by atoms with Crippen molar-refractivity contribution in [2.24, 2.45) is 5.92 Å². The van der Waals surface area contributed by atoms with Gasteiger partial charge in [0.15, 0.2) is 0 Å². The molecular weight excluding hydrogens is 226 g/mol. The van der Waals surface area contributed by atoms with Gasteiger partial charge in [-0.2, -0.15) is 5.10 Å². The molecule has 0 spiro atoms. The molecule has 1 fully saturated rings. The normalized spacial score (nSPS) is 16.2. The molecule has 1 amide bonds. The molecule has 0 aliphatic heterocycles. The van der Waals surface area contributed by atoms with Crippen LogP contribution in [0.4, 0.5) is 0 Å². The minimum absolute atomic E-state index is 0.000730. The average Bonchev–Trinajstić information content (AvgIpc) is 3.10. The first-order valence-electron chi connectivity index (χ1n) is 5.17. The summed E-state index contributed by atoms with van der Waals surface area (Å²) in [5.41, 5.74) is -0.421. The van der Waals surface area contributed by atoms with E-state index in [9.17, 15) is 14.4 Å². The fourth-order valence-corrected chi connectivity index (χ4v) is 1.50. The average molecular weight is 237 g/mol. The predicted molar refractivity (Wildman–Crippen MR) is 56.5 cm³/mol. The van der Waals surface area contributed by atoms with Gasteiger partial charge in [-0.15, -0.1) is 0 Å². The summed E-state index contributed by atoms with van der Waals surface area (Å²) in [5.74, 6) is -1.65. The molecule has 3 N–H and O–H groups in total. The molecule has 1 aliphatic rings. The molecule has 1 saturated carbocycles. The maximum atomic E-state index is 11.6. The molecule has 90 valence electrons. The zero-order valence-electron chi connectivity index (χ0n) is 8.84. The second-order valence-electron chi connectivity index (χ2n) is 3.93.